The molecule has 1 aliphatic rings. The Morgan fingerprint density at radius 3 is 2.56 bits per heavy atom. The van der Waals surface area contributed by atoms with Crippen LogP contribution in [0.15, 0.2) is 18.2 Å². The maximum Gasteiger partial charge on any atom is 0.256 e. The second-order valence-corrected chi connectivity index (χ2v) is 4.34. The van der Waals surface area contributed by atoms with Crippen molar-refractivity contribution in [2.45, 2.75) is 26.2 Å². The van der Waals surface area contributed by atoms with Crippen molar-refractivity contribution in [3.05, 3.63) is 35.1 Å². The first-order valence-corrected chi connectivity index (χ1v) is 5.74. The summed E-state index contributed by atoms with van der Waals surface area (Å²) in [5.74, 6) is -0.576. The number of amides is 1. The number of carbonyl (C=O) groups excluding carboxylic acids is 1. The number of hydrogen-bond acceptors (Lipinski definition) is 1. The molecule has 1 heterocycles. The van der Waals surface area contributed by atoms with Crippen molar-refractivity contribution in [1.29, 1.82) is 0 Å². The van der Waals surface area contributed by atoms with Crippen LogP contribution in [0.5, 0.6) is 0 Å². The first-order chi connectivity index (χ1) is 7.68. The van der Waals surface area contributed by atoms with Gasteiger partial charge in [0, 0.05) is 13.1 Å². The third kappa shape index (κ3) is 2.23. The molecule has 0 bridgehead atoms. The standard InChI is InChI=1S/C13H16FNO/c1-10-5-6-11(12(14)9-10)13(16)15-7-3-2-4-8-15/h5-6,9H,2-4,7-8H2,1H3. The van der Waals surface area contributed by atoms with Crippen LogP contribution in [0.1, 0.15) is 35.2 Å². The third-order valence-electron chi connectivity index (χ3n) is 3.00. The van der Waals surface area contributed by atoms with E-state index in [1.165, 1.54) is 12.5 Å². The van der Waals surface area contributed by atoms with Crippen LogP contribution in [-0.4, -0.2) is 23.9 Å². The molecule has 0 N–H and O–H groups in total. The van der Waals surface area contributed by atoms with Gasteiger partial charge in [-0.3, -0.25) is 4.79 Å². The topological polar surface area (TPSA) is 20.3 Å². The summed E-state index contributed by atoms with van der Waals surface area (Å²) in [4.78, 5) is 13.8. The van der Waals surface area contributed by atoms with Crippen molar-refractivity contribution in [2.75, 3.05) is 13.1 Å². The maximum absolute atomic E-state index is 13.6. The number of benzene rings is 1. The van der Waals surface area contributed by atoms with E-state index in [0.717, 1.165) is 31.5 Å². The molecule has 1 fully saturated rings. The van der Waals surface area contributed by atoms with Gasteiger partial charge < -0.3 is 4.90 Å². The molecule has 1 saturated heterocycles. The fraction of sp³-hybridized carbons (Fsp3) is 0.462. The monoisotopic (exact) mass is 221 g/mol. The fourth-order valence-electron chi connectivity index (χ4n) is 2.06. The van der Waals surface area contributed by atoms with E-state index in [2.05, 4.69) is 0 Å². The Morgan fingerprint density at radius 2 is 1.94 bits per heavy atom. The number of piperidine rings is 1. The molecule has 0 unspecified atom stereocenters. The van der Waals surface area contributed by atoms with Gasteiger partial charge in [-0.1, -0.05) is 6.07 Å². The molecule has 2 rings (SSSR count). The van der Waals surface area contributed by atoms with Crippen molar-refractivity contribution < 1.29 is 9.18 Å². The maximum atomic E-state index is 13.6. The molecule has 86 valence electrons. The molecule has 0 aromatic heterocycles. The largest absolute Gasteiger partial charge is 0.339 e. The summed E-state index contributed by atoms with van der Waals surface area (Å²) in [6, 6.07) is 4.78. The summed E-state index contributed by atoms with van der Waals surface area (Å²) in [6.45, 7) is 3.33. The summed E-state index contributed by atoms with van der Waals surface area (Å²) in [5.41, 5.74) is 1.04. The average Bonchev–Trinajstić information content (AvgIpc) is 2.29. The van der Waals surface area contributed by atoms with Crippen molar-refractivity contribution in [3.8, 4) is 0 Å². The lowest BCUT2D eigenvalue weighted by atomic mass is 10.1. The summed E-state index contributed by atoms with van der Waals surface area (Å²) in [5, 5.41) is 0. The van der Waals surface area contributed by atoms with Crippen molar-refractivity contribution in [1.82, 2.24) is 4.90 Å². The molecule has 16 heavy (non-hydrogen) atoms. The van der Waals surface area contributed by atoms with Gasteiger partial charge in [-0.05, 0) is 43.9 Å². The van der Waals surface area contributed by atoms with E-state index in [4.69, 9.17) is 0 Å². The van der Waals surface area contributed by atoms with Gasteiger partial charge in [0.2, 0.25) is 0 Å². The smallest absolute Gasteiger partial charge is 0.256 e. The third-order valence-corrected chi connectivity index (χ3v) is 3.00. The number of carbonyl (C=O) groups is 1. The van der Waals surface area contributed by atoms with Crippen LogP contribution in [0.25, 0.3) is 0 Å². The summed E-state index contributed by atoms with van der Waals surface area (Å²) in [7, 11) is 0. The SMILES string of the molecule is Cc1ccc(C(=O)N2CCCCC2)c(F)c1. The fourth-order valence-corrected chi connectivity index (χ4v) is 2.06. The zero-order chi connectivity index (χ0) is 11.5. The molecule has 0 atom stereocenters. The van der Waals surface area contributed by atoms with Gasteiger partial charge in [-0.25, -0.2) is 4.39 Å². The molecular formula is C13H16FNO. The van der Waals surface area contributed by atoms with E-state index < -0.39 is 5.82 Å². The molecule has 2 nitrogen and oxygen atoms in total. The highest BCUT2D eigenvalue weighted by atomic mass is 19.1. The van der Waals surface area contributed by atoms with E-state index >= 15 is 0 Å². The van der Waals surface area contributed by atoms with E-state index in [1.807, 2.05) is 6.92 Å². The quantitative estimate of drug-likeness (QED) is 0.714. The van der Waals surface area contributed by atoms with Crippen LogP contribution in [-0.2, 0) is 0 Å². The lowest BCUT2D eigenvalue weighted by Gasteiger charge is -2.26. The van der Waals surface area contributed by atoms with Gasteiger partial charge in [0.05, 0.1) is 5.56 Å². The van der Waals surface area contributed by atoms with Gasteiger partial charge in [0.25, 0.3) is 5.91 Å². The van der Waals surface area contributed by atoms with E-state index in [0.29, 0.717) is 0 Å². The molecule has 0 spiro atoms. The molecule has 0 aliphatic carbocycles. The van der Waals surface area contributed by atoms with E-state index in [1.54, 1.807) is 17.0 Å². The Hall–Kier alpha value is -1.38. The second kappa shape index (κ2) is 4.64. The Balaban J connectivity index is 2.19. The summed E-state index contributed by atoms with van der Waals surface area (Å²) < 4.78 is 13.6. The normalized spacial score (nSPS) is 16.2. The molecule has 1 amide bonds. The number of halogens is 1. The predicted molar refractivity (Wildman–Crippen MR) is 60.9 cm³/mol. The molecule has 1 aromatic rings. The molecule has 1 aromatic carbocycles. The molecule has 3 heteroatoms. The highest BCUT2D eigenvalue weighted by Gasteiger charge is 2.20. The van der Waals surface area contributed by atoms with Gasteiger partial charge in [0.15, 0.2) is 0 Å². The van der Waals surface area contributed by atoms with Crippen molar-refractivity contribution >= 4 is 5.91 Å². The van der Waals surface area contributed by atoms with Gasteiger partial charge in [0.1, 0.15) is 5.82 Å². The minimum atomic E-state index is -0.407. The first-order valence-electron chi connectivity index (χ1n) is 5.74. The van der Waals surface area contributed by atoms with Gasteiger partial charge in [-0.2, -0.15) is 0 Å². The van der Waals surface area contributed by atoms with Crippen molar-refractivity contribution in [3.63, 3.8) is 0 Å². The van der Waals surface area contributed by atoms with E-state index in [9.17, 15) is 9.18 Å². The number of likely N-dealkylation sites (tertiary alicyclic amines) is 1. The van der Waals surface area contributed by atoms with Gasteiger partial charge >= 0.3 is 0 Å². The molecule has 0 saturated carbocycles. The predicted octanol–water partition coefficient (Wildman–Crippen LogP) is 2.76. The zero-order valence-corrected chi connectivity index (χ0v) is 9.50. The Bertz CT molecular complexity index is 397. The minimum Gasteiger partial charge on any atom is -0.339 e. The highest BCUT2D eigenvalue weighted by molar-refractivity contribution is 5.94. The van der Waals surface area contributed by atoms with Crippen LogP contribution in [0.4, 0.5) is 4.39 Å². The molecular weight excluding hydrogens is 205 g/mol. The highest BCUT2D eigenvalue weighted by Crippen LogP contribution is 2.16. The number of nitrogens with zero attached hydrogens (tertiary/aromatic N) is 1. The Labute approximate surface area is 95.1 Å². The van der Waals surface area contributed by atoms with Crippen molar-refractivity contribution in [2.24, 2.45) is 0 Å². The second-order valence-electron chi connectivity index (χ2n) is 4.34. The summed E-state index contributed by atoms with van der Waals surface area (Å²) >= 11 is 0. The van der Waals surface area contributed by atoms with Crippen LogP contribution in [0, 0.1) is 12.7 Å². The Morgan fingerprint density at radius 1 is 1.25 bits per heavy atom. The van der Waals surface area contributed by atoms with Crippen LogP contribution < -0.4 is 0 Å². The molecule has 1 aliphatic heterocycles. The van der Waals surface area contributed by atoms with Crippen LogP contribution >= 0.6 is 0 Å². The Kier molecular flexibility index (Phi) is 3.22. The minimum absolute atomic E-state index is 0.169. The zero-order valence-electron chi connectivity index (χ0n) is 9.50. The van der Waals surface area contributed by atoms with Crippen LogP contribution in [0.3, 0.4) is 0 Å². The first kappa shape index (κ1) is 11.1. The van der Waals surface area contributed by atoms with Crippen LogP contribution in [0.2, 0.25) is 0 Å². The van der Waals surface area contributed by atoms with Gasteiger partial charge in [-0.15, -0.1) is 0 Å². The number of rotatable bonds is 1. The molecule has 0 radical (unpaired) electrons. The lowest BCUT2D eigenvalue weighted by molar-refractivity contribution is 0.0719. The number of hydrogen-bond donors (Lipinski definition) is 0. The average molecular weight is 221 g/mol. The number of aryl methyl sites for hydroxylation is 1. The summed E-state index contributed by atoms with van der Waals surface area (Å²) in [6.07, 6.45) is 3.22. The lowest BCUT2D eigenvalue weighted by Crippen LogP contribution is -2.36. The van der Waals surface area contributed by atoms with E-state index in [-0.39, 0.29) is 11.5 Å².